The number of furan rings is 1. The van der Waals surface area contributed by atoms with Crippen molar-refractivity contribution < 1.29 is 4.42 Å². The van der Waals surface area contributed by atoms with Gasteiger partial charge in [-0.2, -0.15) is 0 Å². The Hall–Kier alpha value is 4.46. The van der Waals surface area contributed by atoms with Crippen molar-refractivity contribution in [1.82, 2.24) is 0 Å². The van der Waals surface area contributed by atoms with Crippen LogP contribution >= 0.6 is 193 Å². The van der Waals surface area contributed by atoms with E-state index in [1.165, 1.54) is 61.4 Å². The van der Waals surface area contributed by atoms with Crippen molar-refractivity contribution in [2.45, 2.75) is 38.5 Å². The molecule has 74 heavy (non-hydrogen) atoms. The van der Waals surface area contributed by atoms with Gasteiger partial charge in [-0.15, -0.1) is 116 Å². The monoisotopic (exact) mass is 1410 g/mol. The Balaban J connectivity index is 0.000000239. The topological polar surface area (TPSA) is 16.4 Å². The van der Waals surface area contributed by atoms with Crippen molar-refractivity contribution in [3.63, 3.8) is 0 Å². The highest BCUT2D eigenvalue weighted by atomic mass is 33.4. The molecule has 8 aromatic rings. The predicted octanol–water partition coefficient (Wildman–Crippen LogP) is 27.0. The molecule has 0 saturated carbocycles. The maximum absolute atomic E-state index is 6.33. The molecule has 0 amide bonds. The van der Waals surface area contributed by atoms with Crippen molar-refractivity contribution in [2.75, 3.05) is 4.90 Å². The molecule has 0 saturated heterocycles. The molecular formula is C48H63NOP24. The van der Waals surface area contributed by atoms with Gasteiger partial charge in [0.15, 0.2) is 0 Å². The maximum Gasteiger partial charge on any atom is 0.136 e. The number of fused-ring (bicyclic) bond motifs is 9. The SMILES string of the molecule is CC1(C)c2ccccc2-c2c(N(c3cccc(-c4cccc5oc6ccccc6c45)c3)c3cccc4c3-c3ccccc3C4(C)C)cccc21.PP(P)P(P)P(P(P)P)P(P(P(P)P)P(P)P)P(P(P)P)P(P)P. The average Bonchev–Trinajstić information content (AvgIpc) is 3.96. The Morgan fingerprint density at radius 1 is 0.378 bits per heavy atom. The van der Waals surface area contributed by atoms with E-state index in [1.807, 2.05) is 6.07 Å². The fourth-order valence-electron chi connectivity index (χ4n) is 10.3. The van der Waals surface area contributed by atoms with Crippen LogP contribution in [-0.4, -0.2) is 0 Å². The first-order valence-corrected chi connectivity index (χ1v) is 65.8. The molecule has 386 valence electrons. The summed E-state index contributed by atoms with van der Waals surface area (Å²) in [6.07, 6.45) is 0. The van der Waals surface area contributed by atoms with Gasteiger partial charge in [-0.3, -0.25) is 0 Å². The summed E-state index contributed by atoms with van der Waals surface area (Å²) < 4.78 is 6.33. The third-order valence-electron chi connectivity index (χ3n) is 13.4. The van der Waals surface area contributed by atoms with Crippen LogP contribution in [0.3, 0.4) is 0 Å². The lowest BCUT2D eigenvalue weighted by atomic mass is 9.82. The molecule has 15 unspecified atom stereocenters. The summed E-state index contributed by atoms with van der Waals surface area (Å²) in [5, 5.41) is 2.29. The van der Waals surface area contributed by atoms with Gasteiger partial charge in [-0.25, -0.2) is 0 Å². The molecule has 0 radical (unpaired) electrons. The lowest BCUT2D eigenvalue weighted by Gasteiger charge is -2.48. The zero-order valence-electron chi connectivity index (χ0n) is 41.2. The Labute approximate surface area is 482 Å². The number of rotatable bonds is 14. The van der Waals surface area contributed by atoms with Gasteiger partial charge in [-0.1, -0.05) is 143 Å². The smallest absolute Gasteiger partial charge is 0.136 e. The summed E-state index contributed by atoms with van der Waals surface area (Å²) in [6, 6.07) is 55.6. The van der Waals surface area contributed by atoms with E-state index in [1.54, 1.807) is 0 Å². The first-order valence-electron chi connectivity index (χ1n) is 23.0. The van der Waals surface area contributed by atoms with E-state index in [2.05, 4.69) is 294 Å². The lowest BCUT2D eigenvalue weighted by Crippen LogP contribution is -2.17. The van der Waals surface area contributed by atoms with Gasteiger partial charge in [-0.05, 0) is 158 Å². The molecule has 0 fully saturated rings. The van der Waals surface area contributed by atoms with Gasteiger partial charge in [0, 0.05) is 38.4 Å². The normalized spacial score (nSPS) is 15.2. The van der Waals surface area contributed by atoms with Crippen LogP contribution < -0.4 is 4.90 Å². The number of para-hydroxylation sites is 1. The second kappa shape index (κ2) is 27.0. The Kier molecular flexibility index (Phi) is 23.0. The third-order valence-corrected chi connectivity index (χ3v) is 168. The Bertz CT molecular complexity index is 3180. The van der Waals surface area contributed by atoms with Crippen molar-refractivity contribution >= 4 is 232 Å². The van der Waals surface area contributed by atoms with Crippen LogP contribution in [0.25, 0.3) is 55.3 Å². The van der Waals surface area contributed by atoms with Crippen molar-refractivity contribution in [3.05, 3.63) is 174 Å². The Morgan fingerprint density at radius 3 is 1.30 bits per heavy atom. The minimum atomic E-state index is -0.110. The van der Waals surface area contributed by atoms with Crippen LogP contribution in [0.1, 0.15) is 49.9 Å². The third kappa shape index (κ3) is 12.7. The minimum Gasteiger partial charge on any atom is -0.456 e. The van der Waals surface area contributed by atoms with E-state index >= 15 is 0 Å². The molecule has 26 heteroatoms. The molecule has 1 heterocycles. The molecule has 0 bridgehead atoms. The highest BCUT2D eigenvalue weighted by Crippen LogP contribution is 3.34. The van der Waals surface area contributed by atoms with Crippen molar-refractivity contribution in [3.8, 4) is 33.4 Å². The number of anilines is 3. The van der Waals surface area contributed by atoms with Gasteiger partial charge in [0.2, 0.25) is 0 Å². The summed E-state index contributed by atoms with van der Waals surface area (Å²) in [5.41, 5.74) is 18.2. The van der Waals surface area contributed by atoms with Crippen molar-refractivity contribution in [2.24, 2.45) is 0 Å². The molecule has 1 aromatic heterocycles. The highest BCUT2D eigenvalue weighted by Gasteiger charge is 2.46. The summed E-state index contributed by atoms with van der Waals surface area (Å²) in [4.78, 5) is 2.53. The number of hydrogen-bond donors (Lipinski definition) is 0. The van der Waals surface area contributed by atoms with Crippen molar-refractivity contribution in [1.29, 1.82) is 0 Å². The second-order valence-corrected chi connectivity index (χ2v) is 114. The van der Waals surface area contributed by atoms with E-state index < -0.39 is 0 Å². The van der Waals surface area contributed by atoms with Crippen LogP contribution in [0.4, 0.5) is 17.1 Å². The Morgan fingerprint density at radius 2 is 0.797 bits per heavy atom. The van der Waals surface area contributed by atoms with Gasteiger partial charge >= 0.3 is 0 Å². The largest absolute Gasteiger partial charge is 0.456 e. The lowest BCUT2D eigenvalue weighted by molar-refractivity contribution is 0.660. The van der Waals surface area contributed by atoms with Crippen LogP contribution in [0.5, 0.6) is 0 Å². The van der Waals surface area contributed by atoms with E-state index in [4.69, 9.17) is 4.42 Å². The quantitative estimate of drug-likeness (QED) is 0.101. The molecule has 2 aliphatic carbocycles. The molecule has 2 nitrogen and oxygen atoms in total. The van der Waals surface area contributed by atoms with Crippen LogP contribution in [0.2, 0.25) is 0 Å². The first kappa shape index (κ1) is 63.0. The molecule has 0 aliphatic heterocycles. The maximum atomic E-state index is 6.33. The summed E-state index contributed by atoms with van der Waals surface area (Å²) in [7, 11) is 41.8. The van der Waals surface area contributed by atoms with Crippen LogP contribution in [-0.2, 0) is 10.8 Å². The van der Waals surface area contributed by atoms with Gasteiger partial charge < -0.3 is 9.32 Å². The van der Waals surface area contributed by atoms with Gasteiger partial charge in [0.25, 0.3) is 0 Å². The second-order valence-electron chi connectivity index (χ2n) is 18.6. The van der Waals surface area contributed by atoms with E-state index in [0.29, 0.717) is 0 Å². The summed E-state index contributed by atoms with van der Waals surface area (Å²) in [5.74, 6) is 0. The number of benzene rings is 7. The molecule has 10 rings (SSSR count). The minimum absolute atomic E-state index is 0.00181. The van der Waals surface area contributed by atoms with Crippen LogP contribution in [0.15, 0.2) is 156 Å². The zero-order valence-corrected chi connectivity index (χ0v) is 66.1. The zero-order chi connectivity index (χ0) is 53.1. The molecule has 7 aromatic carbocycles. The van der Waals surface area contributed by atoms with E-state index in [-0.39, 0.29) is 87.7 Å². The van der Waals surface area contributed by atoms with E-state index in [9.17, 15) is 0 Å². The van der Waals surface area contributed by atoms with Gasteiger partial charge in [0.05, 0.1) is 11.4 Å². The fraction of sp³-hybridized carbons (Fsp3) is 0.125. The average molecular weight is 1410 g/mol. The number of nitrogens with zero attached hydrogens (tertiary/aromatic N) is 1. The van der Waals surface area contributed by atoms with E-state index in [0.717, 1.165) is 33.2 Å². The molecule has 2 aliphatic rings. The van der Waals surface area contributed by atoms with Crippen LogP contribution in [0, 0.1) is 0 Å². The van der Waals surface area contributed by atoms with Gasteiger partial charge in [0.1, 0.15) is 11.2 Å². The standard InChI is InChI=1S/C48H37NO.H26P24/c1-47(2)36-21-8-5-17-33(36)45-38(47)23-13-25-40(45)49(41-26-14-24-39-46(41)34-18-6-9-22-37(34)48(39,3)4)31-16-11-15-30(29-31)32-20-12-28-43-44(32)35-19-7-10-27-42(35)50-43;1-14(2)20(13)23(19(11)12)24(21(15(3)4)16(5)6)22(17(7)8)18(9)10/h5-29H,1-4H3;1-13H2. The molecule has 0 N–H and O–H groups in total. The summed E-state index contributed by atoms with van der Waals surface area (Å²) >= 11 is 0. The molecule has 15 atom stereocenters. The summed E-state index contributed by atoms with van der Waals surface area (Å²) in [6.45, 7) is 9.82. The fourth-order valence-corrected chi connectivity index (χ4v) is 300. The number of hydrogen-bond acceptors (Lipinski definition) is 2. The predicted molar refractivity (Wildman–Crippen MR) is 411 cm³/mol. The first-order chi connectivity index (χ1) is 35.2. The molecular weight excluding hydrogens is 1350 g/mol. The highest BCUT2D eigenvalue weighted by molar-refractivity contribution is 9.40. The molecule has 0 spiro atoms.